The molecule has 1 amide bonds. The van der Waals surface area contributed by atoms with Crippen molar-refractivity contribution in [3.05, 3.63) is 16.9 Å². The molecule has 7 heteroatoms. The van der Waals surface area contributed by atoms with Gasteiger partial charge in [-0.25, -0.2) is 4.79 Å². The monoisotopic (exact) mass is 371 g/mol. The maximum atomic E-state index is 12.5. The fraction of sp³-hybridized carbons (Fsp3) is 0.733. The summed E-state index contributed by atoms with van der Waals surface area (Å²) in [5.74, 6) is 0. The first-order valence-electron chi connectivity index (χ1n) is 7.62. The van der Waals surface area contributed by atoms with Crippen LogP contribution in [-0.2, 0) is 9.47 Å². The van der Waals surface area contributed by atoms with Gasteiger partial charge in [0.05, 0.1) is 42.0 Å². The number of carbonyl (C=O) groups is 1. The fourth-order valence-electron chi connectivity index (χ4n) is 3.23. The molecule has 3 rings (SSSR count). The second-order valence-corrected chi connectivity index (χ2v) is 7.91. The van der Waals surface area contributed by atoms with Crippen LogP contribution in [0.5, 0.6) is 0 Å². The Hall–Kier alpha value is -1.08. The molecule has 2 aliphatic rings. The Morgan fingerprint density at radius 1 is 1.32 bits per heavy atom. The van der Waals surface area contributed by atoms with Crippen molar-refractivity contribution in [2.45, 2.75) is 57.3 Å². The van der Waals surface area contributed by atoms with Gasteiger partial charge in [0.25, 0.3) is 0 Å². The number of nitrogens with zero attached hydrogens (tertiary/aromatic N) is 3. The summed E-state index contributed by atoms with van der Waals surface area (Å²) in [5.41, 5.74) is -0.476. The van der Waals surface area contributed by atoms with E-state index in [1.165, 1.54) is 0 Å². The standard InChI is InChI=1S/C15H22BrN3O3/c1-15(2,3)22-14(20)19-12-4-11(5-13(19)9-21-8-12)18-7-10(16)6-17-18/h6-7,11-13H,4-5,8-9H2,1-3H3/t11?,12-,13+. The van der Waals surface area contributed by atoms with Crippen LogP contribution >= 0.6 is 15.9 Å². The first-order valence-corrected chi connectivity index (χ1v) is 8.41. The van der Waals surface area contributed by atoms with Gasteiger partial charge in [-0.15, -0.1) is 0 Å². The van der Waals surface area contributed by atoms with E-state index in [0.29, 0.717) is 19.3 Å². The van der Waals surface area contributed by atoms with Crippen molar-refractivity contribution < 1.29 is 14.3 Å². The van der Waals surface area contributed by atoms with Crippen LogP contribution in [0, 0.1) is 0 Å². The molecule has 1 aromatic rings. The molecule has 122 valence electrons. The summed E-state index contributed by atoms with van der Waals surface area (Å²) < 4.78 is 14.2. The van der Waals surface area contributed by atoms with Crippen molar-refractivity contribution in [1.29, 1.82) is 0 Å². The maximum absolute atomic E-state index is 12.5. The lowest BCUT2D eigenvalue weighted by molar-refractivity contribution is -0.0886. The zero-order chi connectivity index (χ0) is 15.9. The quantitative estimate of drug-likeness (QED) is 0.761. The lowest BCUT2D eigenvalue weighted by atomic mass is 9.90. The normalized spacial score (nSPS) is 28.5. The van der Waals surface area contributed by atoms with Gasteiger partial charge in [0.15, 0.2) is 0 Å². The van der Waals surface area contributed by atoms with Crippen LogP contribution in [0.25, 0.3) is 0 Å². The number of hydrogen-bond acceptors (Lipinski definition) is 4. The molecular weight excluding hydrogens is 350 g/mol. The zero-order valence-corrected chi connectivity index (χ0v) is 14.7. The van der Waals surface area contributed by atoms with Crippen molar-refractivity contribution in [3.8, 4) is 0 Å². The lowest BCUT2D eigenvalue weighted by Gasteiger charge is -2.48. The first kappa shape index (κ1) is 15.8. The third kappa shape index (κ3) is 3.30. The highest BCUT2D eigenvalue weighted by molar-refractivity contribution is 9.10. The first-order chi connectivity index (χ1) is 10.3. The third-order valence-electron chi connectivity index (χ3n) is 4.04. The average Bonchev–Trinajstić information content (AvgIpc) is 2.81. The van der Waals surface area contributed by atoms with Gasteiger partial charge in [0.2, 0.25) is 0 Å². The molecule has 1 aromatic heterocycles. The van der Waals surface area contributed by atoms with E-state index in [0.717, 1.165) is 17.3 Å². The molecule has 0 radical (unpaired) electrons. The van der Waals surface area contributed by atoms with Gasteiger partial charge < -0.3 is 9.47 Å². The minimum Gasteiger partial charge on any atom is -0.444 e. The van der Waals surface area contributed by atoms with Gasteiger partial charge in [0, 0.05) is 6.20 Å². The molecule has 0 aliphatic carbocycles. The predicted octanol–water partition coefficient (Wildman–Crippen LogP) is 2.99. The number of amides is 1. The SMILES string of the molecule is CC(C)(C)OC(=O)N1[C@@H]2COC[C@H]1CC(n1cc(Br)cn1)C2. The topological polar surface area (TPSA) is 56.6 Å². The summed E-state index contributed by atoms with van der Waals surface area (Å²) in [6.45, 7) is 6.81. The average molecular weight is 372 g/mol. The third-order valence-corrected chi connectivity index (χ3v) is 4.45. The van der Waals surface area contributed by atoms with Crippen molar-refractivity contribution in [3.63, 3.8) is 0 Å². The van der Waals surface area contributed by atoms with Gasteiger partial charge in [-0.05, 0) is 49.5 Å². The molecule has 0 spiro atoms. The highest BCUT2D eigenvalue weighted by atomic mass is 79.9. The van der Waals surface area contributed by atoms with Crippen molar-refractivity contribution in [2.75, 3.05) is 13.2 Å². The summed E-state index contributed by atoms with van der Waals surface area (Å²) in [5, 5.41) is 4.39. The Balaban J connectivity index is 1.75. The molecule has 3 atom stereocenters. The number of halogens is 1. The Bertz CT molecular complexity index is 540. The number of aromatic nitrogens is 2. The summed E-state index contributed by atoms with van der Waals surface area (Å²) in [6, 6.07) is 0.398. The van der Waals surface area contributed by atoms with E-state index in [1.54, 1.807) is 6.20 Å². The van der Waals surface area contributed by atoms with E-state index in [-0.39, 0.29) is 18.2 Å². The van der Waals surface area contributed by atoms with Gasteiger partial charge in [-0.1, -0.05) is 0 Å². The van der Waals surface area contributed by atoms with E-state index in [1.807, 2.05) is 36.5 Å². The van der Waals surface area contributed by atoms with Crippen LogP contribution < -0.4 is 0 Å². The zero-order valence-electron chi connectivity index (χ0n) is 13.2. The van der Waals surface area contributed by atoms with E-state index in [2.05, 4.69) is 21.0 Å². The molecule has 3 heterocycles. The largest absolute Gasteiger partial charge is 0.444 e. The minimum atomic E-state index is -0.476. The Morgan fingerprint density at radius 2 is 1.95 bits per heavy atom. The second-order valence-electron chi connectivity index (χ2n) is 7.00. The summed E-state index contributed by atoms with van der Waals surface area (Å²) in [7, 11) is 0. The minimum absolute atomic E-state index is 0.0512. The summed E-state index contributed by atoms with van der Waals surface area (Å²) >= 11 is 3.44. The number of fused-ring (bicyclic) bond motifs is 2. The number of ether oxygens (including phenoxy) is 2. The van der Waals surface area contributed by atoms with Crippen LogP contribution in [0.3, 0.4) is 0 Å². The van der Waals surface area contributed by atoms with E-state index >= 15 is 0 Å². The van der Waals surface area contributed by atoms with Gasteiger partial charge in [0.1, 0.15) is 5.60 Å². The second kappa shape index (κ2) is 5.85. The van der Waals surface area contributed by atoms with Crippen molar-refractivity contribution >= 4 is 22.0 Å². The molecule has 2 aliphatic heterocycles. The molecule has 22 heavy (non-hydrogen) atoms. The van der Waals surface area contributed by atoms with Crippen LogP contribution in [0.2, 0.25) is 0 Å². The highest BCUT2D eigenvalue weighted by Gasteiger charge is 2.44. The number of carbonyl (C=O) groups excluding carboxylic acids is 1. The van der Waals surface area contributed by atoms with Crippen LogP contribution in [-0.4, -0.2) is 51.7 Å². The van der Waals surface area contributed by atoms with Crippen molar-refractivity contribution in [2.24, 2.45) is 0 Å². The highest BCUT2D eigenvalue weighted by Crippen LogP contribution is 2.35. The molecule has 6 nitrogen and oxygen atoms in total. The van der Waals surface area contributed by atoms with Gasteiger partial charge in [-0.2, -0.15) is 5.10 Å². The molecule has 0 saturated carbocycles. The van der Waals surface area contributed by atoms with Crippen molar-refractivity contribution in [1.82, 2.24) is 14.7 Å². The van der Waals surface area contributed by atoms with Crippen LogP contribution in [0.15, 0.2) is 16.9 Å². The number of piperidine rings is 1. The Labute approximate surface area is 138 Å². The number of morpholine rings is 1. The Kier molecular flexibility index (Phi) is 4.20. The molecular formula is C15H22BrN3O3. The molecule has 2 saturated heterocycles. The van der Waals surface area contributed by atoms with Gasteiger partial charge in [-0.3, -0.25) is 9.58 Å². The predicted molar refractivity (Wildman–Crippen MR) is 84.7 cm³/mol. The van der Waals surface area contributed by atoms with Crippen LogP contribution in [0.1, 0.15) is 39.7 Å². The molecule has 2 fully saturated rings. The summed E-state index contributed by atoms with van der Waals surface area (Å²) in [4.78, 5) is 14.4. The molecule has 0 N–H and O–H groups in total. The Morgan fingerprint density at radius 3 is 2.45 bits per heavy atom. The number of hydrogen-bond donors (Lipinski definition) is 0. The molecule has 1 unspecified atom stereocenters. The number of rotatable bonds is 1. The van der Waals surface area contributed by atoms with E-state index < -0.39 is 5.60 Å². The molecule has 0 aromatic carbocycles. The smallest absolute Gasteiger partial charge is 0.410 e. The lowest BCUT2D eigenvalue weighted by Crippen LogP contribution is -2.60. The molecule has 2 bridgehead atoms. The maximum Gasteiger partial charge on any atom is 0.410 e. The van der Waals surface area contributed by atoms with Crippen LogP contribution in [0.4, 0.5) is 4.79 Å². The van der Waals surface area contributed by atoms with Gasteiger partial charge >= 0.3 is 6.09 Å². The summed E-state index contributed by atoms with van der Waals surface area (Å²) in [6.07, 6.45) is 5.23. The van der Waals surface area contributed by atoms with E-state index in [9.17, 15) is 4.79 Å². The van der Waals surface area contributed by atoms with E-state index in [4.69, 9.17) is 9.47 Å². The fourth-order valence-corrected chi connectivity index (χ4v) is 3.53.